The topological polar surface area (TPSA) is 73.2 Å². The standard InChI is InChI=1S/C17H17N3O3S2/c1-10-13-8-14(25-16(13)20(2)19-10)17(22)23-9-15(21)18-11-4-6-12(24-3)7-5-11/h4-8H,9H2,1-3H3,(H,18,21). The third-order valence-corrected chi connectivity index (χ3v) is 5.53. The maximum Gasteiger partial charge on any atom is 0.348 e. The van der Waals surface area contributed by atoms with Gasteiger partial charge < -0.3 is 10.1 Å². The van der Waals surface area contributed by atoms with Crippen molar-refractivity contribution in [1.82, 2.24) is 9.78 Å². The van der Waals surface area contributed by atoms with E-state index in [1.54, 1.807) is 22.5 Å². The lowest BCUT2D eigenvalue weighted by Crippen LogP contribution is -2.20. The molecule has 0 aliphatic heterocycles. The van der Waals surface area contributed by atoms with Crippen LogP contribution in [0.2, 0.25) is 0 Å². The number of amides is 1. The van der Waals surface area contributed by atoms with Crippen LogP contribution in [-0.2, 0) is 16.6 Å². The Balaban J connectivity index is 1.58. The third kappa shape index (κ3) is 3.85. The summed E-state index contributed by atoms with van der Waals surface area (Å²) in [4.78, 5) is 26.6. The molecule has 8 heteroatoms. The second-order valence-electron chi connectivity index (χ2n) is 5.39. The first-order chi connectivity index (χ1) is 12.0. The molecule has 0 aliphatic rings. The van der Waals surface area contributed by atoms with Gasteiger partial charge in [-0.05, 0) is 43.5 Å². The lowest BCUT2D eigenvalue weighted by atomic mass is 10.3. The fourth-order valence-electron chi connectivity index (χ4n) is 2.38. The van der Waals surface area contributed by atoms with Gasteiger partial charge in [0.05, 0.1) is 5.69 Å². The Labute approximate surface area is 153 Å². The number of aryl methyl sites for hydroxylation is 2. The van der Waals surface area contributed by atoms with Gasteiger partial charge in [0.2, 0.25) is 0 Å². The number of thioether (sulfide) groups is 1. The van der Waals surface area contributed by atoms with Gasteiger partial charge in [-0.15, -0.1) is 23.1 Å². The number of nitrogens with zero attached hydrogens (tertiary/aromatic N) is 2. The summed E-state index contributed by atoms with van der Waals surface area (Å²) in [6.45, 7) is 1.56. The predicted molar refractivity (Wildman–Crippen MR) is 100 cm³/mol. The highest BCUT2D eigenvalue weighted by atomic mass is 32.2. The number of benzene rings is 1. The molecule has 1 N–H and O–H groups in total. The molecule has 0 saturated heterocycles. The minimum atomic E-state index is -0.506. The minimum absolute atomic E-state index is 0.325. The molecule has 0 saturated carbocycles. The van der Waals surface area contributed by atoms with E-state index in [-0.39, 0.29) is 12.5 Å². The number of thiophene rings is 1. The average molecular weight is 375 g/mol. The maximum atomic E-state index is 12.2. The Kier molecular flexibility index (Phi) is 5.10. The number of nitrogens with one attached hydrogen (secondary N) is 1. The van der Waals surface area contributed by atoms with Gasteiger partial charge in [-0.1, -0.05) is 0 Å². The molecule has 2 aromatic heterocycles. The van der Waals surface area contributed by atoms with Crippen molar-refractivity contribution in [3.8, 4) is 0 Å². The van der Waals surface area contributed by atoms with E-state index in [1.165, 1.54) is 11.3 Å². The van der Waals surface area contributed by atoms with E-state index in [0.717, 1.165) is 20.8 Å². The SMILES string of the molecule is CSc1ccc(NC(=O)COC(=O)c2cc3c(C)nn(C)c3s2)cc1. The van der Waals surface area contributed by atoms with Crippen LogP contribution in [0, 0.1) is 6.92 Å². The van der Waals surface area contributed by atoms with Crippen LogP contribution in [0.4, 0.5) is 5.69 Å². The van der Waals surface area contributed by atoms with E-state index in [1.807, 2.05) is 44.5 Å². The Morgan fingerprint density at radius 1 is 1.32 bits per heavy atom. The Hall–Kier alpha value is -2.32. The van der Waals surface area contributed by atoms with E-state index in [4.69, 9.17) is 4.74 Å². The van der Waals surface area contributed by atoms with Gasteiger partial charge in [0.25, 0.3) is 5.91 Å². The van der Waals surface area contributed by atoms with Crippen LogP contribution in [-0.4, -0.2) is 34.5 Å². The molecule has 0 bridgehead atoms. The highest BCUT2D eigenvalue weighted by molar-refractivity contribution is 7.98. The smallest absolute Gasteiger partial charge is 0.348 e. The molecule has 0 aliphatic carbocycles. The summed E-state index contributed by atoms with van der Waals surface area (Å²) in [6.07, 6.45) is 1.98. The molecule has 2 heterocycles. The quantitative estimate of drug-likeness (QED) is 0.546. The molecule has 25 heavy (non-hydrogen) atoms. The van der Waals surface area contributed by atoms with Crippen molar-refractivity contribution < 1.29 is 14.3 Å². The summed E-state index contributed by atoms with van der Waals surface area (Å²) >= 11 is 2.93. The predicted octanol–water partition coefficient (Wildman–Crippen LogP) is 3.46. The second kappa shape index (κ2) is 7.28. The molecule has 0 radical (unpaired) electrons. The summed E-state index contributed by atoms with van der Waals surface area (Å²) in [5, 5.41) is 7.93. The molecule has 0 fully saturated rings. The summed E-state index contributed by atoms with van der Waals surface area (Å²) < 4.78 is 6.84. The van der Waals surface area contributed by atoms with E-state index in [9.17, 15) is 9.59 Å². The molecule has 130 valence electrons. The lowest BCUT2D eigenvalue weighted by Gasteiger charge is -2.06. The fraction of sp³-hybridized carbons (Fsp3) is 0.235. The van der Waals surface area contributed by atoms with Crippen LogP contribution in [0.25, 0.3) is 10.2 Å². The number of rotatable bonds is 5. The molecule has 6 nitrogen and oxygen atoms in total. The molecule has 0 atom stereocenters. The Morgan fingerprint density at radius 2 is 2.04 bits per heavy atom. The van der Waals surface area contributed by atoms with Crippen LogP contribution in [0.3, 0.4) is 0 Å². The number of fused-ring (bicyclic) bond motifs is 1. The Bertz CT molecular complexity index is 894. The zero-order chi connectivity index (χ0) is 18.0. The summed E-state index contributed by atoms with van der Waals surface area (Å²) in [5.41, 5.74) is 1.53. The molecule has 0 spiro atoms. The number of carbonyl (C=O) groups excluding carboxylic acids is 2. The van der Waals surface area contributed by atoms with Crippen molar-refractivity contribution in [3.05, 3.63) is 40.9 Å². The van der Waals surface area contributed by atoms with E-state index < -0.39 is 5.97 Å². The van der Waals surface area contributed by atoms with Crippen molar-refractivity contribution >= 4 is 50.9 Å². The van der Waals surface area contributed by atoms with Gasteiger partial charge in [-0.2, -0.15) is 5.10 Å². The van der Waals surface area contributed by atoms with E-state index >= 15 is 0 Å². The van der Waals surface area contributed by atoms with Crippen LogP contribution in [0.5, 0.6) is 0 Å². The monoisotopic (exact) mass is 375 g/mol. The second-order valence-corrected chi connectivity index (χ2v) is 7.30. The fourth-order valence-corrected chi connectivity index (χ4v) is 3.80. The van der Waals surface area contributed by atoms with Crippen LogP contribution >= 0.6 is 23.1 Å². The summed E-state index contributed by atoms with van der Waals surface area (Å²) in [6, 6.07) is 9.21. The van der Waals surface area contributed by atoms with Crippen LogP contribution in [0.1, 0.15) is 15.4 Å². The van der Waals surface area contributed by atoms with Crippen molar-refractivity contribution in [2.75, 3.05) is 18.2 Å². The van der Waals surface area contributed by atoms with Gasteiger partial charge in [0, 0.05) is 23.0 Å². The first-order valence-corrected chi connectivity index (χ1v) is 9.56. The van der Waals surface area contributed by atoms with Crippen molar-refractivity contribution in [3.63, 3.8) is 0 Å². The van der Waals surface area contributed by atoms with Gasteiger partial charge in [0.15, 0.2) is 6.61 Å². The summed E-state index contributed by atoms with van der Waals surface area (Å²) in [5.74, 6) is -0.877. The minimum Gasteiger partial charge on any atom is -0.451 e. The third-order valence-electron chi connectivity index (χ3n) is 3.61. The van der Waals surface area contributed by atoms with Gasteiger partial charge in [0.1, 0.15) is 9.71 Å². The number of esters is 1. The Morgan fingerprint density at radius 3 is 2.68 bits per heavy atom. The highest BCUT2D eigenvalue weighted by Crippen LogP contribution is 2.28. The number of hydrogen-bond acceptors (Lipinski definition) is 6. The van der Waals surface area contributed by atoms with Gasteiger partial charge in [-0.3, -0.25) is 9.48 Å². The molecule has 1 aromatic carbocycles. The first-order valence-electron chi connectivity index (χ1n) is 7.52. The number of aromatic nitrogens is 2. The van der Waals surface area contributed by atoms with E-state index in [2.05, 4.69) is 10.4 Å². The van der Waals surface area contributed by atoms with Gasteiger partial charge in [-0.25, -0.2) is 4.79 Å². The maximum absolute atomic E-state index is 12.2. The normalized spacial score (nSPS) is 10.8. The zero-order valence-electron chi connectivity index (χ0n) is 14.0. The number of ether oxygens (including phenoxy) is 1. The van der Waals surface area contributed by atoms with Gasteiger partial charge >= 0.3 is 5.97 Å². The summed E-state index contributed by atoms with van der Waals surface area (Å²) in [7, 11) is 1.83. The zero-order valence-corrected chi connectivity index (χ0v) is 15.7. The first kappa shape index (κ1) is 17.5. The van der Waals surface area contributed by atoms with Crippen molar-refractivity contribution in [2.45, 2.75) is 11.8 Å². The van der Waals surface area contributed by atoms with Crippen LogP contribution < -0.4 is 5.32 Å². The van der Waals surface area contributed by atoms with E-state index in [0.29, 0.717) is 10.6 Å². The number of hydrogen-bond donors (Lipinski definition) is 1. The largest absolute Gasteiger partial charge is 0.451 e. The lowest BCUT2D eigenvalue weighted by molar-refractivity contribution is -0.119. The molecule has 0 unspecified atom stereocenters. The van der Waals surface area contributed by atoms with Crippen molar-refractivity contribution in [1.29, 1.82) is 0 Å². The van der Waals surface area contributed by atoms with Crippen molar-refractivity contribution in [2.24, 2.45) is 7.05 Å². The highest BCUT2D eigenvalue weighted by Gasteiger charge is 2.17. The molecule has 3 rings (SSSR count). The molecule has 1 amide bonds. The average Bonchev–Trinajstić information content (AvgIpc) is 3.15. The molecular formula is C17H17N3O3S2. The number of anilines is 1. The van der Waals surface area contributed by atoms with Crippen LogP contribution in [0.15, 0.2) is 35.2 Å². The molecular weight excluding hydrogens is 358 g/mol. The molecule has 3 aromatic rings. The number of carbonyl (C=O) groups is 2.